The Labute approximate surface area is 126 Å². The SMILES string of the molecule is Fc1ccccc1C[NH+]1CC[NH+]([C@H]2C[C@@H]3CC[C@H]2C3)CC1. The van der Waals surface area contributed by atoms with Crippen LogP contribution in [0.5, 0.6) is 0 Å². The second-order valence-corrected chi connectivity index (χ2v) is 7.46. The Hall–Kier alpha value is -0.930. The molecule has 1 saturated heterocycles. The smallest absolute Gasteiger partial charge is 0.132 e. The lowest BCUT2D eigenvalue weighted by Gasteiger charge is -2.36. The fourth-order valence-corrected chi connectivity index (χ4v) is 5.13. The summed E-state index contributed by atoms with van der Waals surface area (Å²) in [5.74, 6) is 2.04. The highest BCUT2D eigenvalue weighted by atomic mass is 19.1. The second kappa shape index (κ2) is 5.69. The van der Waals surface area contributed by atoms with E-state index in [2.05, 4.69) is 0 Å². The van der Waals surface area contributed by atoms with Gasteiger partial charge >= 0.3 is 0 Å². The number of fused-ring (bicyclic) bond motifs is 2. The summed E-state index contributed by atoms with van der Waals surface area (Å²) in [5, 5.41) is 0. The van der Waals surface area contributed by atoms with Gasteiger partial charge in [0.2, 0.25) is 0 Å². The van der Waals surface area contributed by atoms with Crippen LogP contribution in [0.4, 0.5) is 4.39 Å². The minimum atomic E-state index is -0.0344. The van der Waals surface area contributed by atoms with Crippen molar-refractivity contribution < 1.29 is 14.2 Å². The number of rotatable bonds is 3. The molecule has 2 bridgehead atoms. The first kappa shape index (κ1) is 13.7. The monoisotopic (exact) mass is 290 g/mol. The van der Waals surface area contributed by atoms with Gasteiger partial charge in [-0.05, 0) is 31.2 Å². The quantitative estimate of drug-likeness (QED) is 0.792. The number of halogens is 1. The first-order valence-corrected chi connectivity index (χ1v) is 8.71. The van der Waals surface area contributed by atoms with Crippen LogP contribution in [0.15, 0.2) is 24.3 Å². The molecule has 1 heterocycles. The van der Waals surface area contributed by atoms with Crippen LogP contribution in [-0.4, -0.2) is 32.2 Å². The van der Waals surface area contributed by atoms with E-state index in [0.29, 0.717) is 0 Å². The first-order chi connectivity index (χ1) is 10.3. The van der Waals surface area contributed by atoms with E-state index in [0.717, 1.165) is 30.0 Å². The summed E-state index contributed by atoms with van der Waals surface area (Å²) in [5.41, 5.74) is 0.885. The van der Waals surface area contributed by atoms with Gasteiger partial charge in [0.25, 0.3) is 0 Å². The zero-order chi connectivity index (χ0) is 14.2. The Morgan fingerprint density at radius 3 is 2.48 bits per heavy atom. The number of hydrogen-bond donors (Lipinski definition) is 2. The molecule has 0 aromatic heterocycles. The van der Waals surface area contributed by atoms with Gasteiger partial charge in [0, 0.05) is 17.9 Å². The van der Waals surface area contributed by atoms with Gasteiger partial charge < -0.3 is 9.80 Å². The molecule has 21 heavy (non-hydrogen) atoms. The third kappa shape index (κ3) is 2.74. The molecule has 0 unspecified atom stereocenters. The number of nitrogens with one attached hydrogen (secondary N) is 2. The van der Waals surface area contributed by atoms with Crippen molar-refractivity contribution in [3.8, 4) is 0 Å². The summed E-state index contributed by atoms with van der Waals surface area (Å²) in [7, 11) is 0. The molecule has 3 heteroatoms. The lowest BCUT2D eigenvalue weighted by atomic mass is 9.93. The molecule has 0 amide bonds. The van der Waals surface area contributed by atoms with E-state index in [1.54, 1.807) is 17.0 Å². The molecule has 3 atom stereocenters. The van der Waals surface area contributed by atoms with Crippen LogP contribution in [0, 0.1) is 17.7 Å². The van der Waals surface area contributed by atoms with Crippen LogP contribution < -0.4 is 9.80 Å². The molecule has 1 aromatic rings. The lowest BCUT2D eigenvalue weighted by Crippen LogP contribution is -3.29. The van der Waals surface area contributed by atoms with Gasteiger partial charge in [-0.3, -0.25) is 0 Å². The molecular weight excluding hydrogens is 263 g/mol. The Morgan fingerprint density at radius 2 is 1.81 bits per heavy atom. The average Bonchev–Trinajstić information content (AvgIpc) is 3.13. The molecule has 2 nitrogen and oxygen atoms in total. The van der Waals surface area contributed by atoms with Gasteiger partial charge in [0.1, 0.15) is 38.5 Å². The zero-order valence-electron chi connectivity index (χ0n) is 12.8. The van der Waals surface area contributed by atoms with Gasteiger partial charge in [-0.1, -0.05) is 18.2 Å². The van der Waals surface area contributed by atoms with Crippen molar-refractivity contribution >= 4 is 0 Å². The molecule has 114 valence electrons. The summed E-state index contributed by atoms with van der Waals surface area (Å²) in [6.45, 7) is 5.85. The maximum atomic E-state index is 13.8. The highest BCUT2D eigenvalue weighted by Crippen LogP contribution is 2.43. The van der Waals surface area contributed by atoms with E-state index in [1.807, 2.05) is 17.0 Å². The predicted molar refractivity (Wildman–Crippen MR) is 80.7 cm³/mol. The predicted octanol–water partition coefficient (Wildman–Crippen LogP) is 0.298. The first-order valence-electron chi connectivity index (χ1n) is 8.71. The number of benzene rings is 1. The molecule has 3 fully saturated rings. The van der Waals surface area contributed by atoms with Crippen molar-refractivity contribution in [1.29, 1.82) is 0 Å². The van der Waals surface area contributed by atoms with Gasteiger partial charge in [-0.25, -0.2) is 4.39 Å². The minimum absolute atomic E-state index is 0.0344. The molecule has 0 radical (unpaired) electrons. The standard InChI is InChI=1S/C18H25FN2/c19-17-4-2-1-3-16(17)13-20-7-9-21(10-8-20)18-12-14-5-6-15(18)11-14/h1-4,14-15,18H,5-13H2/p+2/t14-,15+,18+/m1/s1. The van der Waals surface area contributed by atoms with Crippen molar-refractivity contribution in [3.05, 3.63) is 35.6 Å². The van der Waals surface area contributed by atoms with Crippen LogP contribution in [0.1, 0.15) is 31.2 Å². The molecule has 2 N–H and O–H groups in total. The maximum absolute atomic E-state index is 13.8. The van der Waals surface area contributed by atoms with Gasteiger partial charge in [-0.15, -0.1) is 0 Å². The maximum Gasteiger partial charge on any atom is 0.132 e. The van der Waals surface area contributed by atoms with Crippen molar-refractivity contribution in [2.75, 3.05) is 26.2 Å². The van der Waals surface area contributed by atoms with Gasteiger partial charge in [0.15, 0.2) is 0 Å². The Morgan fingerprint density at radius 1 is 1.00 bits per heavy atom. The second-order valence-electron chi connectivity index (χ2n) is 7.46. The number of hydrogen-bond acceptors (Lipinski definition) is 0. The zero-order valence-corrected chi connectivity index (χ0v) is 12.8. The van der Waals surface area contributed by atoms with E-state index in [9.17, 15) is 4.39 Å². The lowest BCUT2D eigenvalue weighted by molar-refractivity contribution is -1.03. The van der Waals surface area contributed by atoms with E-state index in [1.165, 1.54) is 51.9 Å². The minimum Gasteiger partial charge on any atom is -0.323 e. The van der Waals surface area contributed by atoms with Crippen molar-refractivity contribution in [1.82, 2.24) is 0 Å². The topological polar surface area (TPSA) is 8.88 Å². The normalized spacial score (nSPS) is 38.8. The third-order valence-electron chi connectivity index (χ3n) is 6.26. The fraction of sp³-hybridized carbons (Fsp3) is 0.667. The highest BCUT2D eigenvalue weighted by Gasteiger charge is 2.46. The van der Waals surface area contributed by atoms with E-state index in [4.69, 9.17) is 0 Å². The molecular formula is C18H27FN2+2. The van der Waals surface area contributed by atoms with E-state index < -0.39 is 0 Å². The molecule has 2 aliphatic carbocycles. The molecule has 2 saturated carbocycles. The van der Waals surface area contributed by atoms with Crippen molar-refractivity contribution in [2.24, 2.45) is 11.8 Å². The highest BCUT2D eigenvalue weighted by molar-refractivity contribution is 5.15. The van der Waals surface area contributed by atoms with Gasteiger partial charge in [-0.2, -0.15) is 0 Å². The van der Waals surface area contributed by atoms with Crippen molar-refractivity contribution in [2.45, 2.75) is 38.3 Å². The van der Waals surface area contributed by atoms with Crippen LogP contribution in [-0.2, 0) is 6.54 Å². The summed E-state index contributed by atoms with van der Waals surface area (Å²) < 4.78 is 13.8. The number of piperazine rings is 1. The van der Waals surface area contributed by atoms with Crippen LogP contribution in [0.2, 0.25) is 0 Å². The molecule has 4 rings (SSSR count). The molecule has 0 spiro atoms. The van der Waals surface area contributed by atoms with Crippen molar-refractivity contribution in [3.63, 3.8) is 0 Å². The van der Waals surface area contributed by atoms with E-state index >= 15 is 0 Å². The molecule has 1 aliphatic heterocycles. The molecule has 3 aliphatic rings. The summed E-state index contributed by atoms with van der Waals surface area (Å²) in [6.07, 6.45) is 5.99. The Bertz CT molecular complexity index is 496. The summed E-state index contributed by atoms with van der Waals surface area (Å²) in [4.78, 5) is 3.42. The molecule has 1 aromatic carbocycles. The average molecular weight is 290 g/mol. The van der Waals surface area contributed by atoms with Crippen LogP contribution >= 0.6 is 0 Å². The third-order valence-corrected chi connectivity index (χ3v) is 6.26. The van der Waals surface area contributed by atoms with Gasteiger partial charge in [0.05, 0.1) is 6.04 Å². The summed E-state index contributed by atoms with van der Waals surface area (Å²) >= 11 is 0. The van der Waals surface area contributed by atoms with Crippen LogP contribution in [0.25, 0.3) is 0 Å². The Kier molecular flexibility index (Phi) is 3.72. The van der Waals surface area contributed by atoms with E-state index in [-0.39, 0.29) is 5.82 Å². The largest absolute Gasteiger partial charge is 0.323 e. The Balaban J connectivity index is 1.32. The van der Waals surface area contributed by atoms with Crippen LogP contribution in [0.3, 0.4) is 0 Å². The number of quaternary nitrogens is 2. The summed E-state index contributed by atoms with van der Waals surface area (Å²) in [6, 6.07) is 8.22. The fourth-order valence-electron chi connectivity index (χ4n) is 5.13.